The van der Waals surface area contributed by atoms with Crippen LogP contribution in [0.2, 0.25) is 0 Å². The Balaban J connectivity index is 1.74. The average Bonchev–Trinajstić information content (AvgIpc) is 2.34. The summed E-state index contributed by atoms with van der Waals surface area (Å²) in [6.45, 7) is 6.31. The molecule has 17 heavy (non-hydrogen) atoms. The summed E-state index contributed by atoms with van der Waals surface area (Å²) in [4.78, 5) is 0. The molecule has 1 fully saturated rings. The molecule has 2 aliphatic heterocycles. The molecule has 0 aromatic heterocycles. The summed E-state index contributed by atoms with van der Waals surface area (Å²) in [6.07, 6.45) is 2.33. The summed E-state index contributed by atoms with van der Waals surface area (Å²) in [7, 11) is 0. The first-order valence-electron chi connectivity index (χ1n) is 6.46. The molecular weight excluding hydrogens is 212 g/mol. The Bertz CT molecular complexity index is 413. The predicted octanol–water partition coefficient (Wildman–Crippen LogP) is 2.03. The Kier molecular flexibility index (Phi) is 2.71. The zero-order valence-corrected chi connectivity index (χ0v) is 10.4. The van der Waals surface area contributed by atoms with Gasteiger partial charge in [0.05, 0.1) is 6.61 Å². The van der Waals surface area contributed by atoms with Gasteiger partial charge in [0, 0.05) is 36.3 Å². The summed E-state index contributed by atoms with van der Waals surface area (Å²) in [5.41, 5.74) is 2.94. The first-order chi connectivity index (χ1) is 8.27. The van der Waals surface area contributed by atoms with E-state index < -0.39 is 0 Å². The van der Waals surface area contributed by atoms with Gasteiger partial charge in [-0.3, -0.25) is 0 Å². The van der Waals surface area contributed by atoms with E-state index in [-0.39, 0.29) is 0 Å². The lowest BCUT2D eigenvalue weighted by Crippen LogP contribution is -2.54. The van der Waals surface area contributed by atoms with E-state index in [4.69, 9.17) is 4.74 Å². The molecule has 3 heteroatoms. The molecule has 0 unspecified atom stereocenters. The van der Waals surface area contributed by atoms with Crippen molar-refractivity contribution in [3.05, 3.63) is 23.8 Å². The van der Waals surface area contributed by atoms with Crippen molar-refractivity contribution < 1.29 is 4.74 Å². The Morgan fingerprint density at radius 3 is 3.00 bits per heavy atom. The molecule has 92 valence electrons. The van der Waals surface area contributed by atoms with Crippen molar-refractivity contribution in [2.75, 3.05) is 31.6 Å². The maximum absolute atomic E-state index is 6.03. The SMILES string of the molecule is CC1(COc2cccc3c2CCCN3)CNC1. The van der Waals surface area contributed by atoms with Crippen LogP contribution in [0.25, 0.3) is 0 Å². The number of ether oxygens (including phenoxy) is 1. The number of benzene rings is 1. The van der Waals surface area contributed by atoms with Crippen LogP contribution in [0.1, 0.15) is 18.9 Å². The number of hydrogen-bond donors (Lipinski definition) is 2. The van der Waals surface area contributed by atoms with Gasteiger partial charge in [0.25, 0.3) is 0 Å². The molecular formula is C14H20N2O. The van der Waals surface area contributed by atoms with Gasteiger partial charge < -0.3 is 15.4 Å². The van der Waals surface area contributed by atoms with E-state index >= 15 is 0 Å². The molecule has 0 saturated carbocycles. The molecule has 1 saturated heterocycles. The van der Waals surface area contributed by atoms with Crippen molar-refractivity contribution in [1.82, 2.24) is 5.32 Å². The molecule has 0 radical (unpaired) electrons. The van der Waals surface area contributed by atoms with E-state index in [1.807, 2.05) is 0 Å². The fraction of sp³-hybridized carbons (Fsp3) is 0.571. The lowest BCUT2D eigenvalue weighted by atomic mass is 9.85. The third-order valence-electron chi connectivity index (χ3n) is 3.73. The van der Waals surface area contributed by atoms with Crippen molar-refractivity contribution in [2.45, 2.75) is 19.8 Å². The average molecular weight is 232 g/mol. The summed E-state index contributed by atoms with van der Waals surface area (Å²) >= 11 is 0. The van der Waals surface area contributed by atoms with E-state index in [0.717, 1.165) is 38.4 Å². The minimum atomic E-state index is 0.324. The van der Waals surface area contributed by atoms with Gasteiger partial charge in [-0.1, -0.05) is 13.0 Å². The van der Waals surface area contributed by atoms with E-state index in [1.165, 1.54) is 17.7 Å². The van der Waals surface area contributed by atoms with Gasteiger partial charge in [-0.15, -0.1) is 0 Å². The van der Waals surface area contributed by atoms with Crippen molar-refractivity contribution >= 4 is 5.69 Å². The fourth-order valence-corrected chi connectivity index (χ4v) is 2.52. The van der Waals surface area contributed by atoms with Crippen LogP contribution in [0, 0.1) is 5.41 Å². The fourth-order valence-electron chi connectivity index (χ4n) is 2.52. The summed E-state index contributed by atoms with van der Waals surface area (Å²) in [6, 6.07) is 6.32. The highest BCUT2D eigenvalue weighted by Crippen LogP contribution is 2.32. The maximum Gasteiger partial charge on any atom is 0.124 e. The van der Waals surface area contributed by atoms with E-state index in [2.05, 4.69) is 35.8 Å². The standard InChI is InChI=1S/C14H20N2O/c1-14(8-15-9-14)10-17-13-6-2-5-12-11(13)4-3-7-16-12/h2,5-6,15-16H,3-4,7-10H2,1H3. The largest absolute Gasteiger partial charge is 0.493 e. The topological polar surface area (TPSA) is 33.3 Å². The Labute approximate surface area is 103 Å². The van der Waals surface area contributed by atoms with Crippen LogP contribution in [0.15, 0.2) is 18.2 Å². The van der Waals surface area contributed by atoms with Gasteiger partial charge in [-0.25, -0.2) is 0 Å². The van der Waals surface area contributed by atoms with E-state index in [1.54, 1.807) is 0 Å². The van der Waals surface area contributed by atoms with Crippen LogP contribution >= 0.6 is 0 Å². The smallest absolute Gasteiger partial charge is 0.124 e. The Morgan fingerprint density at radius 1 is 1.35 bits per heavy atom. The summed E-state index contributed by atoms with van der Waals surface area (Å²) in [5.74, 6) is 1.07. The molecule has 2 N–H and O–H groups in total. The van der Waals surface area contributed by atoms with E-state index in [9.17, 15) is 0 Å². The number of nitrogens with one attached hydrogen (secondary N) is 2. The molecule has 3 nitrogen and oxygen atoms in total. The second-order valence-corrected chi connectivity index (χ2v) is 5.52. The number of anilines is 1. The van der Waals surface area contributed by atoms with Crippen LogP contribution < -0.4 is 15.4 Å². The van der Waals surface area contributed by atoms with Gasteiger partial charge in [-0.05, 0) is 25.0 Å². The number of hydrogen-bond acceptors (Lipinski definition) is 3. The molecule has 0 amide bonds. The van der Waals surface area contributed by atoms with Gasteiger partial charge in [0.2, 0.25) is 0 Å². The van der Waals surface area contributed by atoms with Crippen molar-refractivity contribution in [3.8, 4) is 5.75 Å². The van der Waals surface area contributed by atoms with Crippen molar-refractivity contribution in [3.63, 3.8) is 0 Å². The maximum atomic E-state index is 6.03. The van der Waals surface area contributed by atoms with Crippen LogP contribution in [0.5, 0.6) is 5.75 Å². The van der Waals surface area contributed by atoms with Crippen LogP contribution in [-0.2, 0) is 6.42 Å². The zero-order chi connectivity index (χ0) is 11.7. The van der Waals surface area contributed by atoms with Crippen LogP contribution in [-0.4, -0.2) is 26.2 Å². The highest BCUT2D eigenvalue weighted by Gasteiger charge is 2.32. The molecule has 2 aliphatic rings. The molecule has 3 rings (SSSR count). The molecule has 0 bridgehead atoms. The molecule has 1 aromatic carbocycles. The van der Waals surface area contributed by atoms with Crippen LogP contribution in [0.4, 0.5) is 5.69 Å². The normalized spacial score (nSPS) is 21.0. The predicted molar refractivity (Wildman–Crippen MR) is 69.7 cm³/mol. The van der Waals surface area contributed by atoms with Crippen molar-refractivity contribution in [1.29, 1.82) is 0 Å². The van der Waals surface area contributed by atoms with Crippen molar-refractivity contribution in [2.24, 2.45) is 5.41 Å². The van der Waals surface area contributed by atoms with Gasteiger partial charge >= 0.3 is 0 Å². The Morgan fingerprint density at radius 2 is 2.24 bits per heavy atom. The van der Waals surface area contributed by atoms with Gasteiger partial charge in [-0.2, -0.15) is 0 Å². The number of rotatable bonds is 3. The first-order valence-corrected chi connectivity index (χ1v) is 6.46. The highest BCUT2D eigenvalue weighted by molar-refractivity contribution is 5.59. The minimum Gasteiger partial charge on any atom is -0.493 e. The molecule has 1 aromatic rings. The van der Waals surface area contributed by atoms with Crippen LogP contribution in [0.3, 0.4) is 0 Å². The molecule has 0 atom stereocenters. The second kappa shape index (κ2) is 4.22. The summed E-state index contributed by atoms with van der Waals surface area (Å²) < 4.78 is 6.03. The van der Waals surface area contributed by atoms with Gasteiger partial charge in [0.1, 0.15) is 5.75 Å². The Hall–Kier alpha value is -1.22. The third-order valence-corrected chi connectivity index (χ3v) is 3.73. The third kappa shape index (κ3) is 2.12. The highest BCUT2D eigenvalue weighted by atomic mass is 16.5. The zero-order valence-electron chi connectivity index (χ0n) is 10.4. The lowest BCUT2D eigenvalue weighted by molar-refractivity contribution is 0.101. The lowest BCUT2D eigenvalue weighted by Gasteiger charge is -2.39. The van der Waals surface area contributed by atoms with E-state index in [0.29, 0.717) is 5.41 Å². The summed E-state index contributed by atoms with van der Waals surface area (Å²) in [5, 5.41) is 6.74. The molecule has 0 spiro atoms. The second-order valence-electron chi connectivity index (χ2n) is 5.52. The molecule has 2 heterocycles. The number of fused-ring (bicyclic) bond motifs is 1. The van der Waals surface area contributed by atoms with Gasteiger partial charge in [0.15, 0.2) is 0 Å². The quantitative estimate of drug-likeness (QED) is 0.836. The monoisotopic (exact) mass is 232 g/mol. The minimum absolute atomic E-state index is 0.324. The molecule has 0 aliphatic carbocycles. The first kappa shape index (κ1) is 10.9.